The lowest BCUT2D eigenvalue weighted by molar-refractivity contribution is -0.113. The number of nitrogens with zero attached hydrogens (tertiary/aromatic N) is 4. The molecular weight excluding hydrogens is 341 g/mol. The van der Waals surface area contributed by atoms with E-state index in [9.17, 15) is 9.18 Å². The summed E-state index contributed by atoms with van der Waals surface area (Å²) in [7, 11) is 0. The van der Waals surface area contributed by atoms with Crippen LogP contribution in [-0.2, 0) is 4.79 Å². The van der Waals surface area contributed by atoms with E-state index in [4.69, 9.17) is 0 Å². The van der Waals surface area contributed by atoms with Gasteiger partial charge in [-0.1, -0.05) is 35.5 Å². The molecule has 1 aromatic heterocycles. The molecule has 2 aromatic carbocycles. The highest BCUT2D eigenvalue weighted by Crippen LogP contribution is 2.19. The third-order valence-corrected chi connectivity index (χ3v) is 4.43. The van der Waals surface area contributed by atoms with Crippen LogP contribution in [0.1, 0.15) is 11.1 Å². The van der Waals surface area contributed by atoms with E-state index in [1.807, 2.05) is 31.2 Å². The number of hydrogen-bond donors (Lipinski definition) is 1. The maximum atomic E-state index is 13.5. The van der Waals surface area contributed by atoms with Crippen molar-refractivity contribution in [2.75, 3.05) is 11.1 Å². The van der Waals surface area contributed by atoms with Crippen molar-refractivity contribution in [2.24, 2.45) is 0 Å². The average Bonchev–Trinajstić information content (AvgIpc) is 3.06. The first-order chi connectivity index (χ1) is 12.0. The molecule has 3 rings (SSSR count). The van der Waals surface area contributed by atoms with Gasteiger partial charge in [0.15, 0.2) is 0 Å². The summed E-state index contributed by atoms with van der Waals surface area (Å²) in [4.78, 5) is 12.1. The molecule has 6 nitrogen and oxygen atoms in total. The molecule has 1 heterocycles. The number of rotatable bonds is 5. The number of nitrogens with one attached hydrogen (secondary N) is 1. The minimum Gasteiger partial charge on any atom is -0.325 e. The van der Waals surface area contributed by atoms with Crippen molar-refractivity contribution in [3.8, 4) is 5.69 Å². The van der Waals surface area contributed by atoms with E-state index in [1.165, 1.54) is 17.8 Å². The Labute approximate surface area is 148 Å². The number of aromatic nitrogens is 4. The summed E-state index contributed by atoms with van der Waals surface area (Å²) in [5.74, 6) is -0.498. The van der Waals surface area contributed by atoms with Crippen molar-refractivity contribution in [1.29, 1.82) is 0 Å². The van der Waals surface area contributed by atoms with Gasteiger partial charge in [0.05, 0.1) is 11.4 Å². The molecule has 0 atom stereocenters. The van der Waals surface area contributed by atoms with Crippen molar-refractivity contribution in [3.05, 3.63) is 59.4 Å². The highest BCUT2D eigenvalue weighted by molar-refractivity contribution is 7.99. The zero-order chi connectivity index (χ0) is 17.8. The fourth-order valence-electron chi connectivity index (χ4n) is 2.11. The van der Waals surface area contributed by atoms with E-state index in [1.54, 1.807) is 23.7 Å². The molecule has 1 amide bonds. The molecule has 0 unspecified atom stereocenters. The summed E-state index contributed by atoms with van der Waals surface area (Å²) in [6, 6.07) is 12.3. The van der Waals surface area contributed by atoms with Gasteiger partial charge in [-0.15, -0.1) is 5.10 Å². The number of amides is 1. The van der Waals surface area contributed by atoms with Crippen LogP contribution < -0.4 is 5.32 Å². The summed E-state index contributed by atoms with van der Waals surface area (Å²) >= 11 is 1.21. The molecular formula is C17H16FN5OS. The minimum atomic E-state index is -0.353. The Kier molecular flexibility index (Phi) is 5.08. The fraction of sp³-hybridized carbons (Fsp3) is 0.176. The first kappa shape index (κ1) is 17.1. The first-order valence-corrected chi connectivity index (χ1v) is 8.56. The Morgan fingerprint density at radius 2 is 1.96 bits per heavy atom. The zero-order valence-corrected chi connectivity index (χ0v) is 14.5. The Bertz CT molecular complexity index is 894. The van der Waals surface area contributed by atoms with E-state index in [-0.39, 0.29) is 17.5 Å². The van der Waals surface area contributed by atoms with Crippen molar-refractivity contribution in [2.45, 2.75) is 19.0 Å². The van der Waals surface area contributed by atoms with Gasteiger partial charge in [-0.2, -0.15) is 4.68 Å². The largest absolute Gasteiger partial charge is 0.325 e. The van der Waals surface area contributed by atoms with E-state index in [2.05, 4.69) is 20.8 Å². The first-order valence-electron chi connectivity index (χ1n) is 7.57. The average molecular weight is 357 g/mol. The molecule has 128 valence electrons. The normalized spacial score (nSPS) is 10.7. The molecule has 0 fully saturated rings. The summed E-state index contributed by atoms with van der Waals surface area (Å²) in [6.07, 6.45) is 0. The summed E-state index contributed by atoms with van der Waals surface area (Å²) in [5.41, 5.74) is 2.91. The fourth-order valence-corrected chi connectivity index (χ4v) is 2.81. The van der Waals surface area contributed by atoms with Crippen molar-refractivity contribution in [3.63, 3.8) is 0 Å². The molecule has 0 saturated carbocycles. The monoisotopic (exact) mass is 357 g/mol. The smallest absolute Gasteiger partial charge is 0.234 e. The second kappa shape index (κ2) is 7.43. The van der Waals surface area contributed by atoms with Crippen LogP contribution in [0.5, 0.6) is 0 Å². The SMILES string of the molecule is Cc1ccc(-n2nnnc2SCC(=O)Nc2ccc(C)c(F)c2)cc1. The lowest BCUT2D eigenvalue weighted by atomic mass is 10.2. The lowest BCUT2D eigenvalue weighted by Gasteiger charge is -2.07. The number of thioether (sulfide) groups is 1. The Morgan fingerprint density at radius 1 is 1.20 bits per heavy atom. The van der Waals surface area contributed by atoms with Gasteiger partial charge in [0.1, 0.15) is 5.82 Å². The maximum absolute atomic E-state index is 13.5. The molecule has 0 saturated heterocycles. The van der Waals surface area contributed by atoms with Crippen molar-refractivity contribution >= 4 is 23.4 Å². The van der Waals surface area contributed by atoms with Crippen LogP contribution in [0.15, 0.2) is 47.6 Å². The quantitative estimate of drug-likeness (QED) is 0.710. The standard InChI is InChI=1S/C17H16FN5OS/c1-11-3-7-14(8-4-11)23-17(20-21-22-23)25-10-16(24)19-13-6-5-12(2)15(18)9-13/h3-9H,10H2,1-2H3,(H,19,24). The molecule has 0 radical (unpaired) electrons. The third kappa shape index (κ3) is 4.21. The number of hydrogen-bond acceptors (Lipinski definition) is 5. The number of benzene rings is 2. The van der Waals surface area contributed by atoms with Gasteiger partial charge >= 0.3 is 0 Å². The number of tetrazole rings is 1. The van der Waals surface area contributed by atoms with Gasteiger partial charge in [0, 0.05) is 5.69 Å². The number of aryl methyl sites for hydroxylation is 2. The van der Waals surface area contributed by atoms with Crippen LogP contribution in [0.25, 0.3) is 5.69 Å². The third-order valence-electron chi connectivity index (χ3n) is 3.51. The molecule has 0 aliphatic heterocycles. The number of carbonyl (C=O) groups excluding carboxylic acids is 1. The topological polar surface area (TPSA) is 72.7 Å². The van der Waals surface area contributed by atoms with Crippen LogP contribution in [0.2, 0.25) is 0 Å². The van der Waals surface area contributed by atoms with Gasteiger partial charge in [0.25, 0.3) is 0 Å². The van der Waals surface area contributed by atoms with Gasteiger partial charge in [-0.05, 0) is 54.1 Å². The summed E-state index contributed by atoms with van der Waals surface area (Å²) < 4.78 is 15.1. The van der Waals surface area contributed by atoms with Gasteiger partial charge < -0.3 is 5.32 Å². The predicted molar refractivity (Wildman–Crippen MR) is 94.4 cm³/mol. The molecule has 8 heteroatoms. The summed E-state index contributed by atoms with van der Waals surface area (Å²) in [5, 5.41) is 14.7. The maximum Gasteiger partial charge on any atom is 0.234 e. The van der Waals surface area contributed by atoms with E-state index in [0.717, 1.165) is 11.3 Å². The minimum absolute atomic E-state index is 0.113. The Morgan fingerprint density at radius 3 is 2.68 bits per heavy atom. The molecule has 1 N–H and O–H groups in total. The number of anilines is 1. The van der Waals surface area contributed by atoms with Crippen molar-refractivity contribution < 1.29 is 9.18 Å². The van der Waals surface area contributed by atoms with Gasteiger partial charge in [-0.3, -0.25) is 4.79 Å². The van der Waals surface area contributed by atoms with E-state index in [0.29, 0.717) is 16.4 Å². The second-order valence-electron chi connectivity index (χ2n) is 5.51. The van der Waals surface area contributed by atoms with Crippen LogP contribution >= 0.6 is 11.8 Å². The number of carbonyl (C=O) groups is 1. The molecule has 0 aliphatic rings. The summed E-state index contributed by atoms with van der Waals surface area (Å²) in [6.45, 7) is 3.67. The van der Waals surface area contributed by atoms with Gasteiger partial charge in [0.2, 0.25) is 11.1 Å². The molecule has 25 heavy (non-hydrogen) atoms. The van der Waals surface area contributed by atoms with Crippen molar-refractivity contribution in [1.82, 2.24) is 20.2 Å². The van der Waals surface area contributed by atoms with Crippen LogP contribution in [0, 0.1) is 19.7 Å². The predicted octanol–water partition coefficient (Wildman–Crippen LogP) is 3.15. The molecule has 0 spiro atoms. The molecule has 0 aliphatic carbocycles. The zero-order valence-electron chi connectivity index (χ0n) is 13.7. The Hall–Kier alpha value is -2.74. The number of halogens is 1. The van der Waals surface area contributed by atoms with Crippen LogP contribution in [-0.4, -0.2) is 31.9 Å². The second-order valence-corrected chi connectivity index (χ2v) is 6.45. The molecule has 0 bridgehead atoms. The van der Waals surface area contributed by atoms with Crippen LogP contribution in [0.4, 0.5) is 10.1 Å². The van der Waals surface area contributed by atoms with E-state index < -0.39 is 0 Å². The molecule has 3 aromatic rings. The lowest BCUT2D eigenvalue weighted by Crippen LogP contribution is -2.14. The Balaban J connectivity index is 1.64. The highest BCUT2D eigenvalue weighted by atomic mass is 32.2. The van der Waals surface area contributed by atoms with Crippen LogP contribution in [0.3, 0.4) is 0 Å². The highest BCUT2D eigenvalue weighted by Gasteiger charge is 2.12. The van der Waals surface area contributed by atoms with E-state index >= 15 is 0 Å². The van der Waals surface area contributed by atoms with Gasteiger partial charge in [-0.25, -0.2) is 4.39 Å².